The van der Waals surface area contributed by atoms with E-state index in [-0.39, 0.29) is 6.10 Å². The molecule has 0 saturated carbocycles. The molecule has 2 aromatic rings. The van der Waals surface area contributed by atoms with Gasteiger partial charge in [-0.1, -0.05) is 12.1 Å². The van der Waals surface area contributed by atoms with Crippen molar-refractivity contribution in [3.63, 3.8) is 0 Å². The molecule has 0 radical (unpaired) electrons. The van der Waals surface area contributed by atoms with E-state index < -0.39 is 0 Å². The molecular formula is C16H21N3O2. The summed E-state index contributed by atoms with van der Waals surface area (Å²) < 4.78 is 10.7. The summed E-state index contributed by atoms with van der Waals surface area (Å²) in [5.41, 5.74) is 1.25. The highest BCUT2D eigenvalue weighted by atomic mass is 16.5. The number of hydrogen-bond donors (Lipinski definition) is 1. The van der Waals surface area contributed by atoms with Gasteiger partial charge in [0.25, 0.3) is 0 Å². The molecule has 112 valence electrons. The van der Waals surface area contributed by atoms with E-state index >= 15 is 0 Å². The van der Waals surface area contributed by atoms with Crippen LogP contribution in [0.5, 0.6) is 11.6 Å². The summed E-state index contributed by atoms with van der Waals surface area (Å²) in [6.45, 7) is 4.74. The van der Waals surface area contributed by atoms with Crippen LogP contribution in [0.15, 0.2) is 36.7 Å². The predicted molar refractivity (Wildman–Crippen MR) is 83.0 cm³/mol. The number of methoxy groups -OCH3 is 1. The Balaban J connectivity index is 1.85. The maximum absolute atomic E-state index is 5.54. The fraction of sp³-hybridized carbons (Fsp3) is 0.375. The van der Waals surface area contributed by atoms with Gasteiger partial charge in [-0.05, 0) is 38.0 Å². The molecule has 0 bridgehead atoms. The molecule has 5 nitrogen and oxygen atoms in total. The molecule has 0 saturated heterocycles. The fourth-order valence-corrected chi connectivity index (χ4v) is 1.87. The number of ether oxygens (including phenoxy) is 2. The van der Waals surface area contributed by atoms with Crippen molar-refractivity contribution in [1.29, 1.82) is 0 Å². The first-order valence-electron chi connectivity index (χ1n) is 7.03. The van der Waals surface area contributed by atoms with Gasteiger partial charge in [-0.2, -0.15) is 0 Å². The summed E-state index contributed by atoms with van der Waals surface area (Å²) in [6.07, 6.45) is 2.52. The van der Waals surface area contributed by atoms with Gasteiger partial charge in [0.1, 0.15) is 17.9 Å². The molecule has 0 unspecified atom stereocenters. The first-order valence-corrected chi connectivity index (χ1v) is 7.03. The molecule has 0 fully saturated rings. The van der Waals surface area contributed by atoms with E-state index in [0.29, 0.717) is 5.88 Å². The Morgan fingerprint density at radius 2 is 1.90 bits per heavy atom. The normalized spacial score (nSPS) is 10.5. The molecule has 0 aliphatic rings. The van der Waals surface area contributed by atoms with Crippen molar-refractivity contribution in [3.8, 4) is 11.6 Å². The van der Waals surface area contributed by atoms with Gasteiger partial charge in [-0.3, -0.25) is 0 Å². The summed E-state index contributed by atoms with van der Waals surface area (Å²) in [5, 5.41) is 3.27. The van der Waals surface area contributed by atoms with Gasteiger partial charge in [0.05, 0.1) is 13.2 Å². The fourth-order valence-electron chi connectivity index (χ4n) is 1.87. The van der Waals surface area contributed by atoms with Crippen LogP contribution in [-0.4, -0.2) is 29.7 Å². The molecule has 21 heavy (non-hydrogen) atoms. The Kier molecular flexibility index (Phi) is 5.37. The minimum Gasteiger partial charge on any atom is -0.497 e. The number of hydrogen-bond acceptors (Lipinski definition) is 5. The molecule has 1 aromatic carbocycles. The third-order valence-electron chi connectivity index (χ3n) is 2.88. The maximum Gasteiger partial charge on any atom is 0.218 e. The lowest BCUT2D eigenvalue weighted by molar-refractivity contribution is 0.232. The lowest BCUT2D eigenvalue weighted by Crippen LogP contribution is -2.09. The van der Waals surface area contributed by atoms with Crippen LogP contribution in [0.3, 0.4) is 0 Å². The van der Waals surface area contributed by atoms with Gasteiger partial charge in [0, 0.05) is 12.6 Å². The highest BCUT2D eigenvalue weighted by Gasteiger charge is 2.02. The summed E-state index contributed by atoms with van der Waals surface area (Å²) in [5.74, 6) is 2.24. The van der Waals surface area contributed by atoms with E-state index in [4.69, 9.17) is 9.47 Å². The number of aromatic nitrogens is 2. The Hall–Kier alpha value is -2.30. The van der Waals surface area contributed by atoms with E-state index in [1.54, 1.807) is 7.11 Å². The second-order valence-corrected chi connectivity index (χ2v) is 4.93. The van der Waals surface area contributed by atoms with Crippen LogP contribution in [0.2, 0.25) is 0 Å². The highest BCUT2D eigenvalue weighted by molar-refractivity contribution is 5.37. The van der Waals surface area contributed by atoms with Gasteiger partial charge < -0.3 is 14.8 Å². The predicted octanol–water partition coefficient (Wildman–Crippen LogP) is 2.93. The lowest BCUT2D eigenvalue weighted by atomic mass is 10.1. The van der Waals surface area contributed by atoms with E-state index in [1.807, 2.05) is 32.0 Å². The number of anilines is 1. The first-order chi connectivity index (χ1) is 10.2. The number of nitrogens with one attached hydrogen (secondary N) is 1. The van der Waals surface area contributed by atoms with Crippen molar-refractivity contribution in [2.45, 2.75) is 26.4 Å². The average molecular weight is 287 g/mol. The zero-order valence-electron chi connectivity index (χ0n) is 12.7. The van der Waals surface area contributed by atoms with Crippen LogP contribution in [0.4, 0.5) is 5.82 Å². The van der Waals surface area contributed by atoms with Gasteiger partial charge in [-0.15, -0.1) is 0 Å². The van der Waals surface area contributed by atoms with Crippen molar-refractivity contribution in [1.82, 2.24) is 9.97 Å². The van der Waals surface area contributed by atoms with Gasteiger partial charge in [-0.25, -0.2) is 9.97 Å². The minimum atomic E-state index is 0.104. The Bertz CT molecular complexity index is 556. The number of rotatable bonds is 7. The minimum absolute atomic E-state index is 0.104. The third kappa shape index (κ3) is 4.95. The summed E-state index contributed by atoms with van der Waals surface area (Å²) in [6, 6.07) is 9.87. The smallest absolute Gasteiger partial charge is 0.218 e. The van der Waals surface area contributed by atoms with Crippen LogP contribution in [0.1, 0.15) is 19.4 Å². The highest BCUT2D eigenvalue weighted by Crippen LogP contribution is 2.14. The van der Waals surface area contributed by atoms with Crippen molar-refractivity contribution >= 4 is 5.82 Å². The molecule has 0 amide bonds. The van der Waals surface area contributed by atoms with E-state index in [1.165, 1.54) is 11.9 Å². The number of benzene rings is 1. The molecule has 2 rings (SSSR count). The Morgan fingerprint density at radius 1 is 1.14 bits per heavy atom. The largest absolute Gasteiger partial charge is 0.497 e. The van der Waals surface area contributed by atoms with Crippen molar-refractivity contribution < 1.29 is 9.47 Å². The SMILES string of the molecule is COc1ccc(CCNc2cc(OC(C)C)ncn2)cc1. The molecule has 5 heteroatoms. The molecule has 0 aliphatic heterocycles. The molecule has 0 atom stereocenters. The lowest BCUT2D eigenvalue weighted by Gasteiger charge is -2.10. The Morgan fingerprint density at radius 3 is 2.57 bits per heavy atom. The number of nitrogens with zero attached hydrogens (tertiary/aromatic N) is 2. The zero-order valence-corrected chi connectivity index (χ0v) is 12.7. The maximum atomic E-state index is 5.54. The second-order valence-electron chi connectivity index (χ2n) is 4.93. The third-order valence-corrected chi connectivity index (χ3v) is 2.88. The van der Waals surface area contributed by atoms with Crippen LogP contribution in [0.25, 0.3) is 0 Å². The average Bonchev–Trinajstić information content (AvgIpc) is 2.48. The topological polar surface area (TPSA) is 56.3 Å². The van der Waals surface area contributed by atoms with Crippen LogP contribution >= 0.6 is 0 Å². The van der Waals surface area contributed by atoms with E-state index in [2.05, 4.69) is 27.4 Å². The second kappa shape index (κ2) is 7.47. The monoisotopic (exact) mass is 287 g/mol. The van der Waals surface area contributed by atoms with Crippen LogP contribution in [-0.2, 0) is 6.42 Å². The van der Waals surface area contributed by atoms with E-state index in [0.717, 1.165) is 24.5 Å². The van der Waals surface area contributed by atoms with Crippen molar-refractivity contribution in [2.24, 2.45) is 0 Å². The summed E-state index contributed by atoms with van der Waals surface area (Å²) in [4.78, 5) is 8.26. The molecule has 1 N–H and O–H groups in total. The van der Waals surface area contributed by atoms with Gasteiger partial charge in [0.15, 0.2) is 0 Å². The standard InChI is InChI=1S/C16H21N3O2/c1-12(2)21-16-10-15(18-11-19-16)17-9-8-13-4-6-14(20-3)7-5-13/h4-7,10-12H,8-9H2,1-3H3,(H,17,18,19). The molecule has 0 spiro atoms. The summed E-state index contributed by atoms with van der Waals surface area (Å²) >= 11 is 0. The molecule has 1 aromatic heterocycles. The molecule has 0 aliphatic carbocycles. The van der Waals surface area contributed by atoms with E-state index in [9.17, 15) is 0 Å². The zero-order chi connectivity index (χ0) is 15.1. The van der Waals surface area contributed by atoms with Crippen LogP contribution in [0, 0.1) is 0 Å². The first kappa shape index (κ1) is 15.1. The quantitative estimate of drug-likeness (QED) is 0.848. The molecular weight excluding hydrogens is 266 g/mol. The van der Waals surface area contributed by atoms with Crippen molar-refractivity contribution in [2.75, 3.05) is 19.0 Å². The Labute approximate surface area is 125 Å². The molecule has 1 heterocycles. The van der Waals surface area contributed by atoms with Crippen LogP contribution < -0.4 is 14.8 Å². The summed E-state index contributed by atoms with van der Waals surface area (Å²) in [7, 11) is 1.67. The van der Waals surface area contributed by atoms with Crippen molar-refractivity contribution in [3.05, 3.63) is 42.2 Å². The van der Waals surface area contributed by atoms with Gasteiger partial charge >= 0.3 is 0 Å². The van der Waals surface area contributed by atoms with Gasteiger partial charge in [0.2, 0.25) is 5.88 Å².